The van der Waals surface area contributed by atoms with Gasteiger partial charge in [-0.2, -0.15) is 5.21 Å². The predicted octanol–water partition coefficient (Wildman–Crippen LogP) is 2.42. The summed E-state index contributed by atoms with van der Waals surface area (Å²) in [6.07, 6.45) is 4.65. The summed E-state index contributed by atoms with van der Waals surface area (Å²) in [6.45, 7) is 0. The van der Waals surface area contributed by atoms with Gasteiger partial charge in [-0.25, -0.2) is 14.4 Å². The molecule has 1 aromatic carbocycles. The minimum atomic E-state index is -0.965. The first-order chi connectivity index (χ1) is 15.5. The third-order valence-electron chi connectivity index (χ3n) is 4.37. The molecule has 0 saturated carbocycles. The molecule has 3 heterocycles. The lowest BCUT2D eigenvalue weighted by Gasteiger charge is -2.10. The Hall–Kier alpha value is -4.03. The number of nitrogens with zero attached hydrogens (tertiary/aromatic N) is 6. The fourth-order valence-corrected chi connectivity index (χ4v) is 2.92. The number of carboxylic acid groups (broad SMARTS) is 1. The van der Waals surface area contributed by atoms with Crippen LogP contribution >= 0.6 is 12.4 Å². The fourth-order valence-electron chi connectivity index (χ4n) is 2.92. The molecule has 0 aliphatic carbocycles. The Morgan fingerprint density at radius 2 is 1.97 bits per heavy atom. The van der Waals surface area contributed by atoms with E-state index in [-0.39, 0.29) is 30.5 Å². The second-order valence-corrected chi connectivity index (χ2v) is 6.83. The van der Waals surface area contributed by atoms with Gasteiger partial charge in [0.2, 0.25) is 5.82 Å². The highest BCUT2D eigenvalue weighted by molar-refractivity contribution is 5.85. The second-order valence-electron chi connectivity index (χ2n) is 6.83. The van der Waals surface area contributed by atoms with Crippen molar-refractivity contribution in [2.24, 2.45) is 5.73 Å². The summed E-state index contributed by atoms with van der Waals surface area (Å²) < 4.78 is 19.9. The molecule has 0 bridgehead atoms. The normalized spacial score (nSPS) is 11.5. The number of halogens is 2. The molecule has 13 heteroatoms. The van der Waals surface area contributed by atoms with Crippen molar-refractivity contribution >= 4 is 18.4 Å². The van der Waals surface area contributed by atoms with Crippen molar-refractivity contribution in [1.82, 2.24) is 35.6 Å². The maximum absolute atomic E-state index is 14.4. The number of hydrogen-bond acceptors (Lipinski definition) is 9. The van der Waals surface area contributed by atoms with E-state index in [1.165, 1.54) is 12.3 Å². The molecule has 170 valence electrons. The van der Waals surface area contributed by atoms with E-state index in [0.29, 0.717) is 29.1 Å². The van der Waals surface area contributed by atoms with Crippen LogP contribution in [0.1, 0.15) is 12.1 Å². The molecule has 0 radical (unpaired) electrons. The molecule has 11 nitrogen and oxygen atoms in total. The lowest BCUT2D eigenvalue weighted by Crippen LogP contribution is -2.26. The zero-order valence-electron chi connectivity index (χ0n) is 16.9. The van der Waals surface area contributed by atoms with E-state index in [9.17, 15) is 9.18 Å². The molecule has 1 unspecified atom stereocenters. The van der Waals surface area contributed by atoms with E-state index in [0.717, 1.165) is 5.56 Å². The summed E-state index contributed by atoms with van der Waals surface area (Å²) in [5, 5.41) is 22.1. The van der Waals surface area contributed by atoms with Crippen molar-refractivity contribution in [3.05, 3.63) is 60.4 Å². The topological polar surface area (TPSA) is 166 Å². The van der Waals surface area contributed by atoms with Gasteiger partial charge in [0.1, 0.15) is 5.75 Å². The fraction of sp³-hybridized carbons (Fsp3) is 0.150. The maximum atomic E-state index is 14.4. The molecule has 0 aliphatic rings. The van der Waals surface area contributed by atoms with Crippen LogP contribution in [0.15, 0.2) is 48.9 Å². The van der Waals surface area contributed by atoms with Gasteiger partial charge in [0.15, 0.2) is 5.82 Å². The Morgan fingerprint density at radius 3 is 2.64 bits per heavy atom. The molecule has 4 aromatic rings. The number of rotatable bonds is 8. The molecule has 3 aromatic heterocycles. The molecule has 0 saturated heterocycles. The number of aromatic amines is 1. The van der Waals surface area contributed by atoms with Gasteiger partial charge in [-0.1, -0.05) is 0 Å². The zero-order valence-corrected chi connectivity index (χ0v) is 17.7. The van der Waals surface area contributed by atoms with E-state index in [4.69, 9.17) is 15.6 Å². The maximum Gasteiger partial charge on any atom is 0.304 e. The molecule has 0 spiro atoms. The molecule has 0 fully saturated rings. The van der Waals surface area contributed by atoms with Gasteiger partial charge in [-0.3, -0.25) is 9.78 Å². The number of aromatic nitrogens is 7. The largest absolute Gasteiger partial charge is 0.481 e. The summed E-state index contributed by atoms with van der Waals surface area (Å²) >= 11 is 0. The molecular weight excluding hydrogens is 455 g/mol. The van der Waals surface area contributed by atoms with E-state index in [1.54, 1.807) is 36.7 Å². The van der Waals surface area contributed by atoms with Gasteiger partial charge >= 0.3 is 5.97 Å². The summed E-state index contributed by atoms with van der Waals surface area (Å²) in [4.78, 5) is 23.4. The minimum absolute atomic E-state index is 0. The first-order valence-corrected chi connectivity index (χ1v) is 9.44. The van der Waals surface area contributed by atoms with Gasteiger partial charge in [-0.05, 0) is 35.5 Å². The van der Waals surface area contributed by atoms with E-state index in [1.807, 2.05) is 0 Å². The molecule has 4 rings (SSSR count). The first kappa shape index (κ1) is 23.6. The number of carboxylic acids is 1. The second kappa shape index (κ2) is 10.5. The Morgan fingerprint density at radius 1 is 1.18 bits per heavy atom. The highest BCUT2D eigenvalue weighted by atomic mass is 35.5. The molecule has 0 amide bonds. The number of H-pyrrole nitrogens is 1. The van der Waals surface area contributed by atoms with Crippen LogP contribution in [0.4, 0.5) is 4.39 Å². The average molecular weight is 473 g/mol. The molecule has 4 N–H and O–H groups in total. The van der Waals surface area contributed by atoms with Crippen molar-refractivity contribution in [1.29, 1.82) is 0 Å². The van der Waals surface area contributed by atoms with Crippen molar-refractivity contribution in [2.75, 3.05) is 0 Å². The number of ether oxygens (including phenoxy) is 1. The quantitative estimate of drug-likeness (QED) is 0.346. The number of hydrogen-bond donors (Lipinski definition) is 3. The van der Waals surface area contributed by atoms with Gasteiger partial charge in [0, 0.05) is 36.0 Å². The van der Waals surface area contributed by atoms with Gasteiger partial charge in [0.05, 0.1) is 24.0 Å². The molecule has 0 aliphatic heterocycles. The number of carbonyl (C=O) groups is 1. The van der Waals surface area contributed by atoms with Crippen molar-refractivity contribution in [3.63, 3.8) is 0 Å². The highest BCUT2D eigenvalue weighted by Gasteiger charge is 2.13. The number of nitrogens with two attached hydrogens (primary N) is 1. The number of nitrogens with one attached hydrogen (secondary N) is 1. The Balaban J connectivity index is 0.00000306. The third kappa shape index (κ3) is 6.02. The van der Waals surface area contributed by atoms with Crippen molar-refractivity contribution in [3.8, 4) is 34.3 Å². The van der Waals surface area contributed by atoms with Crippen LogP contribution in [-0.2, 0) is 11.2 Å². The molecular formula is C20H18ClFN8O3. The van der Waals surface area contributed by atoms with Crippen LogP contribution in [-0.4, -0.2) is 52.7 Å². The molecule has 1 atom stereocenters. The van der Waals surface area contributed by atoms with Crippen molar-refractivity contribution < 1.29 is 19.0 Å². The van der Waals surface area contributed by atoms with Gasteiger partial charge < -0.3 is 15.6 Å². The van der Waals surface area contributed by atoms with Gasteiger partial charge in [0.25, 0.3) is 5.88 Å². The lowest BCUT2D eigenvalue weighted by atomic mass is 10.1. The summed E-state index contributed by atoms with van der Waals surface area (Å²) in [5.74, 6) is -1.24. The monoisotopic (exact) mass is 472 g/mol. The van der Waals surface area contributed by atoms with Crippen molar-refractivity contribution in [2.45, 2.75) is 18.9 Å². The van der Waals surface area contributed by atoms with E-state index < -0.39 is 17.8 Å². The standard InChI is InChI=1S/C20H17FN8O3.ClH/c21-16-5-12(19-26-28-29-27-19)8-24-20(16)32-15-3-1-11(2-4-15)17-10-23-9-14(25-17)6-13(22)7-18(30)31;/h1-5,8-10,13H,6-7,22H2,(H,30,31)(H,26,27,28,29);1H. The van der Waals surface area contributed by atoms with E-state index in [2.05, 4.69) is 35.6 Å². The number of tetrazole rings is 1. The average Bonchev–Trinajstić information content (AvgIpc) is 3.30. The highest BCUT2D eigenvalue weighted by Crippen LogP contribution is 2.27. The number of pyridine rings is 1. The third-order valence-corrected chi connectivity index (χ3v) is 4.37. The van der Waals surface area contributed by atoms with Crippen LogP contribution in [0.3, 0.4) is 0 Å². The summed E-state index contributed by atoms with van der Waals surface area (Å²) in [6, 6.07) is 7.43. The summed E-state index contributed by atoms with van der Waals surface area (Å²) in [5.41, 5.74) is 8.11. The lowest BCUT2D eigenvalue weighted by molar-refractivity contribution is -0.137. The molecule has 33 heavy (non-hydrogen) atoms. The Labute approximate surface area is 192 Å². The van der Waals surface area contributed by atoms with E-state index >= 15 is 0 Å². The Bertz CT molecular complexity index is 1220. The van der Waals surface area contributed by atoms with Crippen LogP contribution in [0, 0.1) is 5.82 Å². The summed E-state index contributed by atoms with van der Waals surface area (Å²) in [7, 11) is 0. The van der Waals surface area contributed by atoms with Crippen LogP contribution in [0.25, 0.3) is 22.6 Å². The van der Waals surface area contributed by atoms with Crippen LogP contribution in [0.5, 0.6) is 11.6 Å². The van der Waals surface area contributed by atoms with Gasteiger partial charge in [-0.15, -0.1) is 22.6 Å². The van der Waals surface area contributed by atoms with Crippen LogP contribution < -0.4 is 10.5 Å². The zero-order chi connectivity index (χ0) is 22.5. The number of aliphatic carboxylic acids is 1. The predicted molar refractivity (Wildman–Crippen MR) is 116 cm³/mol. The SMILES string of the molecule is Cl.NC(CC(=O)O)Cc1cncc(-c2ccc(Oc3ncc(-c4nn[nH]n4)cc3F)cc2)n1. The minimum Gasteiger partial charge on any atom is -0.481 e. The Kier molecular flexibility index (Phi) is 7.53. The number of benzene rings is 1. The smallest absolute Gasteiger partial charge is 0.304 e. The van der Waals surface area contributed by atoms with Crippen LogP contribution in [0.2, 0.25) is 0 Å². The first-order valence-electron chi connectivity index (χ1n) is 9.44.